The van der Waals surface area contributed by atoms with Crippen LogP contribution in [0.3, 0.4) is 0 Å². The fourth-order valence-electron chi connectivity index (χ4n) is 3.36. The van der Waals surface area contributed by atoms with Crippen molar-refractivity contribution in [1.29, 1.82) is 0 Å². The van der Waals surface area contributed by atoms with Gasteiger partial charge in [-0.2, -0.15) is 4.31 Å². The zero-order valence-corrected chi connectivity index (χ0v) is 18.2. The monoisotopic (exact) mass is 474 g/mol. The van der Waals surface area contributed by atoms with Gasteiger partial charge in [-0.1, -0.05) is 0 Å². The van der Waals surface area contributed by atoms with Crippen LogP contribution in [0.1, 0.15) is 32.9 Å². The average molecular weight is 475 g/mol. The molecule has 0 spiro atoms. The average Bonchev–Trinajstić information content (AvgIpc) is 3.47. The molecule has 0 bridgehead atoms. The quantitative estimate of drug-likeness (QED) is 0.431. The van der Waals surface area contributed by atoms with Gasteiger partial charge in [-0.3, -0.25) is 30.6 Å². The van der Waals surface area contributed by atoms with Gasteiger partial charge in [0.2, 0.25) is 10.0 Å². The molecule has 0 atom stereocenters. The van der Waals surface area contributed by atoms with Crippen LogP contribution in [0.2, 0.25) is 0 Å². The van der Waals surface area contributed by atoms with Crippen molar-refractivity contribution >= 4 is 48.9 Å². The van der Waals surface area contributed by atoms with E-state index in [4.69, 9.17) is 0 Å². The molecular weight excluding hydrogens is 456 g/mol. The summed E-state index contributed by atoms with van der Waals surface area (Å²) in [5.74, 6) is -1.18. The highest BCUT2D eigenvalue weighted by Crippen LogP contribution is 2.28. The van der Waals surface area contributed by atoms with E-state index < -0.39 is 26.8 Å². The highest BCUT2D eigenvalue weighted by atomic mass is 32.2. The lowest BCUT2D eigenvalue weighted by atomic mass is 10.2. The smallest absolute Gasteiger partial charge is 0.267 e. The number of nitrogens with zero attached hydrogens (tertiary/aromatic N) is 2. The third-order valence-corrected chi connectivity index (χ3v) is 8.07. The van der Waals surface area contributed by atoms with Crippen molar-refractivity contribution in [3.05, 3.63) is 69.1 Å². The number of carbonyl (C=O) groups excluding carboxylic acids is 2. The van der Waals surface area contributed by atoms with Crippen LogP contribution in [0, 0.1) is 10.1 Å². The second-order valence-electron chi connectivity index (χ2n) is 7.13. The molecule has 32 heavy (non-hydrogen) atoms. The molecule has 10 nitrogen and oxygen atoms in total. The number of nitrogens with one attached hydrogen (secondary N) is 2. The maximum absolute atomic E-state index is 12.6. The molecule has 0 unspecified atom stereocenters. The van der Waals surface area contributed by atoms with Gasteiger partial charge >= 0.3 is 0 Å². The molecule has 1 fully saturated rings. The van der Waals surface area contributed by atoms with Gasteiger partial charge in [0.05, 0.1) is 14.7 Å². The summed E-state index contributed by atoms with van der Waals surface area (Å²) in [4.78, 5) is 35.5. The zero-order chi connectivity index (χ0) is 22.9. The van der Waals surface area contributed by atoms with E-state index in [1.165, 1.54) is 46.8 Å². The highest BCUT2D eigenvalue weighted by molar-refractivity contribution is 7.89. The molecule has 1 aliphatic heterocycles. The predicted octanol–water partition coefficient (Wildman–Crippen LogP) is 2.67. The summed E-state index contributed by atoms with van der Waals surface area (Å²) in [6.07, 6.45) is 1.66. The minimum absolute atomic E-state index is 0.0780. The number of thiophene rings is 1. The Kier molecular flexibility index (Phi) is 5.91. The van der Waals surface area contributed by atoms with Crippen molar-refractivity contribution in [3.8, 4) is 0 Å². The van der Waals surface area contributed by atoms with Crippen LogP contribution in [0.25, 0.3) is 10.1 Å². The molecule has 12 heteroatoms. The molecule has 2 aromatic carbocycles. The number of sulfonamides is 1. The summed E-state index contributed by atoms with van der Waals surface area (Å²) in [6.45, 7) is 0.976. The van der Waals surface area contributed by atoms with E-state index in [2.05, 4.69) is 10.9 Å². The summed E-state index contributed by atoms with van der Waals surface area (Å²) < 4.78 is 27.2. The molecular formula is C20H18N4O6S2. The Morgan fingerprint density at radius 3 is 2.28 bits per heavy atom. The summed E-state index contributed by atoms with van der Waals surface area (Å²) in [5, 5.41) is 11.4. The molecule has 1 saturated heterocycles. The molecule has 2 N–H and O–H groups in total. The molecule has 2 heterocycles. The number of hydrazine groups is 1. The first-order chi connectivity index (χ1) is 15.3. The highest BCUT2D eigenvalue weighted by Gasteiger charge is 2.27. The van der Waals surface area contributed by atoms with Gasteiger partial charge in [0.1, 0.15) is 0 Å². The Labute approximate surface area is 187 Å². The molecule has 0 aliphatic carbocycles. The molecule has 1 aliphatic rings. The molecule has 0 saturated carbocycles. The van der Waals surface area contributed by atoms with Crippen molar-refractivity contribution in [2.75, 3.05) is 13.1 Å². The second kappa shape index (κ2) is 8.65. The number of fused-ring (bicyclic) bond motifs is 1. The maximum atomic E-state index is 12.6. The minimum atomic E-state index is -3.57. The lowest BCUT2D eigenvalue weighted by molar-refractivity contribution is -0.384. The molecule has 166 valence electrons. The minimum Gasteiger partial charge on any atom is -0.267 e. The van der Waals surface area contributed by atoms with Crippen LogP contribution in [0.4, 0.5) is 5.69 Å². The first-order valence-corrected chi connectivity index (χ1v) is 11.9. The molecule has 0 radical (unpaired) electrons. The van der Waals surface area contributed by atoms with E-state index in [0.717, 1.165) is 24.2 Å². The molecule has 2 amide bonds. The van der Waals surface area contributed by atoms with Crippen molar-refractivity contribution in [2.45, 2.75) is 17.7 Å². The normalized spacial score (nSPS) is 14.4. The first kappa shape index (κ1) is 21.9. The largest absolute Gasteiger partial charge is 0.279 e. The van der Waals surface area contributed by atoms with Crippen LogP contribution in [-0.4, -0.2) is 42.6 Å². The maximum Gasteiger partial charge on any atom is 0.279 e. The van der Waals surface area contributed by atoms with Crippen molar-refractivity contribution in [2.24, 2.45) is 0 Å². The SMILES string of the molecule is O=C(NNC(=O)c1cc2cc([N+](=O)[O-])ccc2s1)c1ccc(S(=O)(=O)N2CCCC2)cc1. The van der Waals surface area contributed by atoms with Crippen molar-refractivity contribution in [1.82, 2.24) is 15.2 Å². The van der Waals surface area contributed by atoms with Crippen LogP contribution in [0.5, 0.6) is 0 Å². The molecule has 4 rings (SSSR count). The van der Waals surface area contributed by atoms with Crippen LogP contribution in [0.15, 0.2) is 53.4 Å². The third kappa shape index (κ3) is 4.33. The fraction of sp³-hybridized carbons (Fsp3) is 0.200. The van der Waals surface area contributed by atoms with Gasteiger partial charge in [0.25, 0.3) is 17.5 Å². The molecule has 3 aromatic rings. The Balaban J connectivity index is 1.40. The Morgan fingerprint density at radius 2 is 1.62 bits per heavy atom. The van der Waals surface area contributed by atoms with Crippen molar-refractivity contribution in [3.63, 3.8) is 0 Å². The Hall–Kier alpha value is -3.35. The number of amides is 2. The third-order valence-electron chi connectivity index (χ3n) is 5.04. The van der Waals surface area contributed by atoms with Gasteiger partial charge in [0, 0.05) is 40.9 Å². The second-order valence-corrected chi connectivity index (χ2v) is 10.2. The van der Waals surface area contributed by atoms with Gasteiger partial charge < -0.3 is 0 Å². The predicted molar refractivity (Wildman–Crippen MR) is 118 cm³/mol. The van der Waals surface area contributed by atoms with Gasteiger partial charge in [-0.15, -0.1) is 11.3 Å². The number of nitro benzene ring substituents is 1. The van der Waals surface area contributed by atoms with Gasteiger partial charge in [-0.05, 0) is 49.2 Å². The summed E-state index contributed by atoms with van der Waals surface area (Å²) in [7, 11) is -3.57. The van der Waals surface area contributed by atoms with Crippen molar-refractivity contribution < 1.29 is 22.9 Å². The van der Waals surface area contributed by atoms with E-state index >= 15 is 0 Å². The van der Waals surface area contributed by atoms with Crippen LogP contribution in [-0.2, 0) is 10.0 Å². The van der Waals surface area contributed by atoms with E-state index in [0.29, 0.717) is 23.2 Å². The number of hydrogen-bond acceptors (Lipinski definition) is 7. The Morgan fingerprint density at radius 1 is 0.969 bits per heavy atom. The van der Waals surface area contributed by atoms with E-state index in [9.17, 15) is 28.1 Å². The summed E-state index contributed by atoms with van der Waals surface area (Å²) >= 11 is 1.13. The standard InChI is InChI=1S/C20H18N4O6S2/c25-19(13-3-6-16(7-4-13)32(29,30)23-9-1-2-10-23)21-22-20(26)18-12-14-11-15(24(27)28)5-8-17(14)31-18/h3-8,11-12H,1-2,9-10H2,(H,21,25)(H,22,26). The van der Waals surface area contributed by atoms with E-state index in [-0.39, 0.29) is 21.0 Å². The summed E-state index contributed by atoms with van der Waals surface area (Å²) in [5.41, 5.74) is 4.68. The van der Waals surface area contributed by atoms with E-state index in [1.807, 2.05) is 0 Å². The number of non-ortho nitro benzene ring substituents is 1. The number of rotatable bonds is 5. The summed E-state index contributed by atoms with van der Waals surface area (Å²) in [6, 6.07) is 11.3. The lowest BCUT2D eigenvalue weighted by Gasteiger charge is -2.15. The topological polar surface area (TPSA) is 139 Å². The number of hydrogen-bond donors (Lipinski definition) is 2. The zero-order valence-electron chi connectivity index (χ0n) is 16.6. The van der Waals surface area contributed by atoms with Gasteiger partial charge in [-0.25, -0.2) is 8.42 Å². The Bertz CT molecular complexity index is 1310. The molecule has 1 aromatic heterocycles. The number of nitro groups is 1. The van der Waals surface area contributed by atoms with Crippen LogP contribution < -0.4 is 10.9 Å². The first-order valence-electron chi connectivity index (χ1n) is 9.64. The fourth-order valence-corrected chi connectivity index (χ4v) is 5.81. The van der Waals surface area contributed by atoms with Crippen LogP contribution >= 0.6 is 11.3 Å². The number of carbonyl (C=O) groups is 2. The van der Waals surface area contributed by atoms with Gasteiger partial charge in [0.15, 0.2) is 0 Å². The lowest BCUT2D eigenvalue weighted by Crippen LogP contribution is -2.41. The number of benzene rings is 2. The van der Waals surface area contributed by atoms with E-state index in [1.54, 1.807) is 6.07 Å².